The van der Waals surface area contributed by atoms with Crippen molar-refractivity contribution in [3.8, 4) is 0 Å². The number of hydrogen-bond acceptors (Lipinski definition) is 13. The lowest BCUT2D eigenvalue weighted by Gasteiger charge is -2.23. The molecule has 0 aromatic carbocycles. The fourth-order valence-corrected chi connectivity index (χ4v) is 6.10. The summed E-state index contributed by atoms with van der Waals surface area (Å²) in [5.74, 6) is -0.701. The molecule has 4 aromatic rings. The molecule has 6 atom stereocenters. The average molecular weight is 595 g/mol. The first-order valence-electron chi connectivity index (χ1n) is 12.6. The minimum absolute atomic E-state index is 0.0117. The number of ether oxygens (including phenoxy) is 3. The van der Waals surface area contributed by atoms with Gasteiger partial charge in [0.15, 0.2) is 28.9 Å². The number of methoxy groups -OCH3 is 1. The number of halogens is 1. The van der Waals surface area contributed by atoms with Crippen LogP contribution in [-0.2, 0) is 27.8 Å². The lowest BCUT2D eigenvalue weighted by atomic mass is 10.2. The molecule has 1 unspecified atom stereocenters. The number of aromatic amines is 1. The normalized spacial score (nSPS) is 26.3. The van der Waals surface area contributed by atoms with Crippen molar-refractivity contribution in [3.63, 3.8) is 0 Å². The summed E-state index contributed by atoms with van der Waals surface area (Å²) in [6.45, 7) is -0.0947. The van der Waals surface area contributed by atoms with Gasteiger partial charge < -0.3 is 35.1 Å². The van der Waals surface area contributed by atoms with Crippen LogP contribution in [0.1, 0.15) is 31.7 Å². The second-order valence-electron chi connectivity index (χ2n) is 9.66. The standard InChI is InChI=1S/C22H27FN9O8P/c1-36-6-11-4-13(21(39-11)32-9-28-16-19(32)29-22(25)30-20(16)33)40-41(34,35)37-7-10-2-3-14(38-10)31-5-12(23)15-17(24)26-8-27-18(15)31/h5,8-11,13-14,21H,2-4,6-7H2,1H3,(H,34,35)(H2,24,26,27)(H3,25,29,30,33)/t10-,11-,13+,14+,21+/m0/s1. The molecule has 2 fully saturated rings. The Bertz CT molecular complexity index is 1690. The number of imidazole rings is 1. The molecule has 0 saturated carbocycles. The molecule has 2 aliphatic rings. The molecule has 41 heavy (non-hydrogen) atoms. The number of hydrogen-bond donors (Lipinski definition) is 4. The lowest BCUT2D eigenvalue weighted by molar-refractivity contribution is -0.0577. The van der Waals surface area contributed by atoms with Gasteiger partial charge in [-0.3, -0.25) is 23.4 Å². The first-order valence-corrected chi connectivity index (χ1v) is 14.1. The summed E-state index contributed by atoms with van der Waals surface area (Å²) in [7, 11) is -3.15. The van der Waals surface area contributed by atoms with Crippen LogP contribution in [0.4, 0.5) is 16.2 Å². The molecule has 0 bridgehead atoms. The monoisotopic (exact) mass is 595 g/mol. The molecule has 4 aromatic heterocycles. The molecule has 0 radical (unpaired) electrons. The van der Waals surface area contributed by atoms with Crippen LogP contribution in [0.3, 0.4) is 0 Å². The maximum atomic E-state index is 14.5. The third-order valence-corrected chi connectivity index (χ3v) is 7.92. The summed E-state index contributed by atoms with van der Waals surface area (Å²) in [4.78, 5) is 41.3. The Labute approximate surface area is 230 Å². The van der Waals surface area contributed by atoms with E-state index >= 15 is 0 Å². The Morgan fingerprint density at radius 1 is 1.17 bits per heavy atom. The van der Waals surface area contributed by atoms with Gasteiger partial charge in [-0.25, -0.2) is 23.9 Å². The van der Waals surface area contributed by atoms with Gasteiger partial charge in [0, 0.05) is 19.7 Å². The second kappa shape index (κ2) is 10.7. The van der Waals surface area contributed by atoms with Crippen molar-refractivity contribution >= 4 is 41.8 Å². The highest BCUT2D eigenvalue weighted by Crippen LogP contribution is 2.50. The molecule has 6 heterocycles. The molecule has 0 spiro atoms. The Balaban J connectivity index is 1.14. The van der Waals surface area contributed by atoms with Gasteiger partial charge in [0.25, 0.3) is 5.56 Å². The van der Waals surface area contributed by atoms with Gasteiger partial charge in [-0.2, -0.15) is 4.98 Å². The predicted octanol–water partition coefficient (Wildman–Crippen LogP) is 0.982. The summed E-state index contributed by atoms with van der Waals surface area (Å²) in [6.07, 6.45) is 1.21. The van der Waals surface area contributed by atoms with Crippen molar-refractivity contribution < 1.29 is 37.1 Å². The van der Waals surface area contributed by atoms with Gasteiger partial charge in [-0.05, 0) is 12.8 Å². The van der Waals surface area contributed by atoms with E-state index in [1.807, 2.05) is 0 Å². The number of nitrogen functional groups attached to an aromatic ring is 2. The van der Waals surface area contributed by atoms with E-state index in [4.69, 9.17) is 34.7 Å². The summed E-state index contributed by atoms with van der Waals surface area (Å²) < 4.78 is 58.3. The summed E-state index contributed by atoms with van der Waals surface area (Å²) >= 11 is 0. The van der Waals surface area contributed by atoms with Crippen LogP contribution in [0.15, 0.2) is 23.6 Å². The zero-order chi connectivity index (χ0) is 28.9. The van der Waals surface area contributed by atoms with Crippen LogP contribution >= 0.6 is 7.82 Å². The molecule has 2 aliphatic heterocycles. The fraction of sp³-hybridized carbons (Fsp3) is 0.500. The Morgan fingerprint density at radius 3 is 2.80 bits per heavy atom. The van der Waals surface area contributed by atoms with Crippen molar-refractivity contribution in [3.05, 3.63) is 35.0 Å². The zero-order valence-corrected chi connectivity index (χ0v) is 22.5. The Hall–Kier alpha value is -3.51. The first-order chi connectivity index (χ1) is 19.6. The minimum atomic E-state index is -4.64. The van der Waals surface area contributed by atoms with Gasteiger partial charge >= 0.3 is 7.82 Å². The molecule has 6 N–H and O–H groups in total. The van der Waals surface area contributed by atoms with Crippen LogP contribution < -0.4 is 17.0 Å². The molecule has 0 amide bonds. The number of nitrogens with zero attached hydrogens (tertiary/aromatic N) is 6. The van der Waals surface area contributed by atoms with E-state index in [1.54, 1.807) is 0 Å². The number of phosphoric ester groups is 1. The fourth-order valence-electron chi connectivity index (χ4n) is 5.15. The molecule has 19 heteroatoms. The minimum Gasteiger partial charge on any atom is -0.383 e. The molecule has 2 saturated heterocycles. The molecule has 0 aliphatic carbocycles. The number of phosphoric acid groups is 1. The molecular formula is C22H27FN9O8P. The van der Waals surface area contributed by atoms with E-state index in [-0.39, 0.29) is 53.6 Å². The Morgan fingerprint density at radius 2 is 2.00 bits per heavy atom. The van der Waals surface area contributed by atoms with Crippen molar-refractivity contribution in [2.45, 2.75) is 50.0 Å². The number of rotatable bonds is 9. The third kappa shape index (κ3) is 5.30. The van der Waals surface area contributed by atoms with E-state index in [2.05, 4.69) is 24.9 Å². The quantitative estimate of drug-likeness (QED) is 0.198. The van der Waals surface area contributed by atoms with Gasteiger partial charge in [-0.1, -0.05) is 0 Å². The highest BCUT2D eigenvalue weighted by molar-refractivity contribution is 7.47. The van der Waals surface area contributed by atoms with Crippen molar-refractivity contribution in [2.75, 3.05) is 31.8 Å². The highest BCUT2D eigenvalue weighted by atomic mass is 31.2. The predicted molar refractivity (Wildman–Crippen MR) is 139 cm³/mol. The molecular weight excluding hydrogens is 568 g/mol. The first kappa shape index (κ1) is 27.6. The second-order valence-corrected chi connectivity index (χ2v) is 11.1. The summed E-state index contributed by atoms with van der Waals surface area (Å²) in [6, 6.07) is 0. The lowest BCUT2D eigenvalue weighted by Crippen LogP contribution is -2.24. The molecule has 17 nitrogen and oxygen atoms in total. The summed E-state index contributed by atoms with van der Waals surface area (Å²) in [5.41, 5.74) is 11.3. The average Bonchev–Trinajstić information content (AvgIpc) is 3.69. The number of aromatic nitrogens is 7. The number of H-pyrrole nitrogens is 1. The van der Waals surface area contributed by atoms with Gasteiger partial charge in [0.2, 0.25) is 5.95 Å². The van der Waals surface area contributed by atoms with E-state index in [1.165, 1.54) is 35.1 Å². The maximum Gasteiger partial charge on any atom is 0.472 e. The van der Waals surface area contributed by atoms with Crippen molar-refractivity contribution in [1.29, 1.82) is 0 Å². The number of anilines is 2. The van der Waals surface area contributed by atoms with E-state index in [0.29, 0.717) is 12.8 Å². The number of nitrogens with two attached hydrogens (primary N) is 2. The number of nitrogens with one attached hydrogen (secondary N) is 1. The van der Waals surface area contributed by atoms with Gasteiger partial charge in [0.1, 0.15) is 24.5 Å². The number of fused-ring (bicyclic) bond motifs is 2. The van der Waals surface area contributed by atoms with Crippen molar-refractivity contribution in [1.82, 2.24) is 34.1 Å². The van der Waals surface area contributed by atoms with Crippen LogP contribution in [0.2, 0.25) is 0 Å². The van der Waals surface area contributed by atoms with Gasteiger partial charge in [-0.15, -0.1) is 0 Å². The smallest absolute Gasteiger partial charge is 0.383 e. The topological polar surface area (TPSA) is 230 Å². The highest BCUT2D eigenvalue weighted by Gasteiger charge is 2.43. The SMILES string of the molecule is COC[C@@H]1C[C@@H](OP(=O)(O)OC[C@@H]2CC[C@H](n3cc(F)c4c(N)ncnc43)O2)[C@H](n2cnc3c(=O)[nH]c(N)nc32)O1. The van der Waals surface area contributed by atoms with E-state index in [9.17, 15) is 18.6 Å². The van der Waals surface area contributed by atoms with E-state index in [0.717, 1.165) is 0 Å². The largest absolute Gasteiger partial charge is 0.472 e. The van der Waals surface area contributed by atoms with Crippen molar-refractivity contribution in [2.24, 2.45) is 0 Å². The molecule has 220 valence electrons. The third-order valence-electron chi connectivity index (χ3n) is 6.90. The van der Waals surface area contributed by atoms with E-state index < -0.39 is 50.0 Å². The van der Waals surface area contributed by atoms with Crippen LogP contribution in [-0.4, -0.2) is 77.6 Å². The zero-order valence-electron chi connectivity index (χ0n) is 21.6. The Kier molecular flexibility index (Phi) is 7.23. The van der Waals surface area contributed by atoms with Crippen LogP contribution in [0.5, 0.6) is 0 Å². The van der Waals surface area contributed by atoms with Crippen LogP contribution in [0.25, 0.3) is 22.2 Å². The van der Waals surface area contributed by atoms with Gasteiger partial charge in [0.05, 0.1) is 37.1 Å². The summed E-state index contributed by atoms with van der Waals surface area (Å²) in [5, 5.41) is 0.0948. The van der Waals surface area contributed by atoms with Crippen LogP contribution in [0, 0.1) is 5.82 Å². The maximum absolute atomic E-state index is 14.5. The molecule has 6 rings (SSSR count).